The maximum atomic E-state index is 10.7. The maximum Gasteiger partial charge on any atom is 0.322 e. The van der Waals surface area contributed by atoms with Gasteiger partial charge in [0, 0.05) is 4.47 Å². The molecule has 0 unspecified atom stereocenters. The quantitative estimate of drug-likeness (QED) is 0.810. The summed E-state index contributed by atoms with van der Waals surface area (Å²) in [7, 11) is 0. The van der Waals surface area contributed by atoms with Crippen LogP contribution in [0.25, 0.3) is 0 Å². The van der Waals surface area contributed by atoms with Crippen LogP contribution in [-0.2, 0) is 9.59 Å². The van der Waals surface area contributed by atoms with Gasteiger partial charge in [-0.2, -0.15) is 0 Å². The summed E-state index contributed by atoms with van der Waals surface area (Å²) in [5.41, 5.74) is 0.249. The number of hydrogen-bond acceptors (Lipinski definition) is 2. The van der Waals surface area contributed by atoms with Crippen LogP contribution in [-0.4, -0.2) is 22.2 Å². The van der Waals surface area contributed by atoms with Crippen molar-refractivity contribution in [3.8, 4) is 0 Å². The van der Waals surface area contributed by atoms with Crippen molar-refractivity contribution in [2.75, 3.05) is 0 Å². The normalized spacial score (nSPS) is 10.1. The van der Waals surface area contributed by atoms with Gasteiger partial charge in [0.15, 0.2) is 5.92 Å². The van der Waals surface area contributed by atoms with E-state index in [2.05, 4.69) is 15.9 Å². The third-order valence-corrected chi connectivity index (χ3v) is 2.17. The lowest BCUT2D eigenvalue weighted by Crippen LogP contribution is -2.20. The minimum atomic E-state index is -1.51. The lowest BCUT2D eigenvalue weighted by Gasteiger charge is -2.07. The van der Waals surface area contributed by atoms with Crippen molar-refractivity contribution in [3.63, 3.8) is 0 Å². The fourth-order valence-corrected chi connectivity index (χ4v) is 1.49. The Balaban J connectivity index is 3.12. The van der Waals surface area contributed by atoms with E-state index in [9.17, 15) is 9.59 Å². The molecule has 1 rings (SSSR count). The van der Waals surface area contributed by atoms with Crippen LogP contribution in [0, 0.1) is 0 Å². The van der Waals surface area contributed by atoms with Gasteiger partial charge < -0.3 is 10.2 Å². The Hall–Kier alpha value is -1.36. The van der Waals surface area contributed by atoms with E-state index in [4.69, 9.17) is 10.2 Å². The van der Waals surface area contributed by atoms with Crippen LogP contribution < -0.4 is 0 Å². The summed E-state index contributed by atoms with van der Waals surface area (Å²) in [6, 6.07) is 6.24. The number of carboxylic acids is 2. The highest BCUT2D eigenvalue weighted by Crippen LogP contribution is 2.20. The smallest absolute Gasteiger partial charge is 0.322 e. The van der Waals surface area contributed by atoms with Crippen LogP contribution in [0.5, 0.6) is 0 Å². The molecule has 0 radical (unpaired) electrons. The zero-order valence-corrected chi connectivity index (χ0v) is 8.56. The molecule has 0 fully saturated rings. The Morgan fingerprint density at radius 3 is 2.21 bits per heavy atom. The molecular formula is C9H7BrO4. The van der Waals surface area contributed by atoms with Crippen molar-refractivity contribution in [2.24, 2.45) is 0 Å². The van der Waals surface area contributed by atoms with Crippen LogP contribution >= 0.6 is 15.9 Å². The first-order valence-electron chi connectivity index (χ1n) is 3.73. The Morgan fingerprint density at radius 1 is 1.21 bits per heavy atom. The van der Waals surface area contributed by atoms with E-state index in [0.29, 0.717) is 4.47 Å². The summed E-state index contributed by atoms with van der Waals surface area (Å²) in [4.78, 5) is 21.3. The number of rotatable bonds is 3. The second-order valence-corrected chi connectivity index (χ2v) is 3.58. The molecule has 0 amide bonds. The molecule has 0 spiro atoms. The molecule has 74 valence electrons. The molecule has 1 aromatic carbocycles. The number of carbonyl (C=O) groups is 2. The molecule has 0 aliphatic rings. The van der Waals surface area contributed by atoms with Crippen LogP contribution in [0.1, 0.15) is 11.5 Å². The molecule has 0 heterocycles. The minimum Gasteiger partial charge on any atom is -0.480 e. The molecule has 0 saturated carbocycles. The average molecular weight is 259 g/mol. The van der Waals surface area contributed by atoms with Gasteiger partial charge in [-0.15, -0.1) is 0 Å². The lowest BCUT2D eigenvalue weighted by atomic mass is 10.00. The Kier molecular flexibility index (Phi) is 3.24. The molecule has 4 nitrogen and oxygen atoms in total. The zero-order chi connectivity index (χ0) is 10.7. The molecule has 0 aliphatic carbocycles. The van der Waals surface area contributed by atoms with Crippen molar-refractivity contribution in [3.05, 3.63) is 34.3 Å². The van der Waals surface area contributed by atoms with Gasteiger partial charge in [0.1, 0.15) is 0 Å². The second-order valence-electron chi connectivity index (χ2n) is 2.66. The molecule has 1 aromatic rings. The maximum absolute atomic E-state index is 10.7. The van der Waals surface area contributed by atoms with Crippen molar-refractivity contribution in [2.45, 2.75) is 5.92 Å². The third kappa shape index (κ3) is 2.32. The fraction of sp³-hybridized carbons (Fsp3) is 0.111. The molecular weight excluding hydrogens is 252 g/mol. The van der Waals surface area contributed by atoms with E-state index in [1.807, 2.05) is 0 Å². The first kappa shape index (κ1) is 10.7. The van der Waals surface area contributed by atoms with Gasteiger partial charge in [-0.1, -0.05) is 28.1 Å². The summed E-state index contributed by atoms with van der Waals surface area (Å²) in [5.74, 6) is -4.24. The number of aliphatic carboxylic acids is 2. The van der Waals surface area contributed by atoms with Gasteiger partial charge in [-0.25, -0.2) is 0 Å². The highest BCUT2D eigenvalue weighted by molar-refractivity contribution is 9.10. The first-order chi connectivity index (χ1) is 6.52. The van der Waals surface area contributed by atoms with Crippen LogP contribution in [0.2, 0.25) is 0 Å². The molecule has 14 heavy (non-hydrogen) atoms. The average Bonchev–Trinajstić information content (AvgIpc) is 2.02. The van der Waals surface area contributed by atoms with Gasteiger partial charge in [0.2, 0.25) is 0 Å². The van der Waals surface area contributed by atoms with Crippen LogP contribution in [0.3, 0.4) is 0 Å². The summed E-state index contributed by atoms with van der Waals surface area (Å²) in [5, 5.41) is 17.4. The van der Waals surface area contributed by atoms with Gasteiger partial charge in [0.05, 0.1) is 0 Å². The van der Waals surface area contributed by atoms with Gasteiger partial charge >= 0.3 is 11.9 Å². The van der Waals surface area contributed by atoms with Crippen molar-refractivity contribution in [1.29, 1.82) is 0 Å². The number of benzene rings is 1. The van der Waals surface area contributed by atoms with E-state index >= 15 is 0 Å². The lowest BCUT2D eigenvalue weighted by molar-refractivity contribution is -0.150. The molecule has 0 aromatic heterocycles. The predicted molar refractivity (Wildman–Crippen MR) is 52.2 cm³/mol. The summed E-state index contributed by atoms with van der Waals surface area (Å²) < 4.78 is 0.655. The number of halogens is 1. The highest BCUT2D eigenvalue weighted by Gasteiger charge is 2.27. The van der Waals surface area contributed by atoms with E-state index in [1.165, 1.54) is 12.1 Å². The molecule has 0 aliphatic heterocycles. The van der Waals surface area contributed by atoms with Gasteiger partial charge in [-0.3, -0.25) is 9.59 Å². The van der Waals surface area contributed by atoms with Crippen molar-refractivity contribution >= 4 is 27.9 Å². The third-order valence-electron chi connectivity index (χ3n) is 1.68. The van der Waals surface area contributed by atoms with E-state index in [-0.39, 0.29) is 5.56 Å². The Morgan fingerprint density at radius 2 is 1.79 bits per heavy atom. The summed E-state index contributed by atoms with van der Waals surface area (Å²) in [6.07, 6.45) is 0. The number of carboxylic acid groups (broad SMARTS) is 2. The molecule has 0 atom stereocenters. The monoisotopic (exact) mass is 258 g/mol. The summed E-state index contributed by atoms with van der Waals surface area (Å²) >= 11 is 3.14. The Bertz CT molecular complexity index is 361. The van der Waals surface area contributed by atoms with Gasteiger partial charge in [-0.05, 0) is 17.7 Å². The molecule has 0 bridgehead atoms. The second kappa shape index (κ2) is 4.23. The largest absolute Gasteiger partial charge is 0.480 e. The van der Waals surface area contributed by atoms with Crippen molar-refractivity contribution < 1.29 is 19.8 Å². The SMILES string of the molecule is O=C(O)C(C(=O)O)c1cccc(Br)c1. The van der Waals surface area contributed by atoms with Crippen LogP contribution in [0.15, 0.2) is 28.7 Å². The number of hydrogen-bond donors (Lipinski definition) is 2. The Labute approximate surface area is 88.3 Å². The minimum absolute atomic E-state index is 0.249. The summed E-state index contributed by atoms with van der Waals surface area (Å²) in [6.45, 7) is 0. The van der Waals surface area contributed by atoms with Crippen molar-refractivity contribution in [1.82, 2.24) is 0 Å². The molecule has 5 heteroatoms. The zero-order valence-electron chi connectivity index (χ0n) is 6.98. The standard InChI is InChI=1S/C9H7BrO4/c10-6-3-1-2-5(4-6)7(8(11)12)9(13)14/h1-4,7H,(H,11,12)(H,13,14). The first-order valence-corrected chi connectivity index (χ1v) is 4.52. The predicted octanol–water partition coefficient (Wildman–Crippen LogP) is 1.70. The molecule has 2 N–H and O–H groups in total. The fourth-order valence-electron chi connectivity index (χ4n) is 1.08. The van der Waals surface area contributed by atoms with E-state index < -0.39 is 17.9 Å². The van der Waals surface area contributed by atoms with E-state index in [1.54, 1.807) is 12.1 Å². The van der Waals surface area contributed by atoms with E-state index in [0.717, 1.165) is 0 Å². The van der Waals surface area contributed by atoms with Gasteiger partial charge in [0.25, 0.3) is 0 Å². The molecule has 0 saturated heterocycles. The topological polar surface area (TPSA) is 74.6 Å². The highest BCUT2D eigenvalue weighted by atomic mass is 79.9. The van der Waals surface area contributed by atoms with Crippen LogP contribution in [0.4, 0.5) is 0 Å².